The van der Waals surface area contributed by atoms with Crippen LogP contribution in [0.1, 0.15) is 35.9 Å². The van der Waals surface area contributed by atoms with E-state index in [9.17, 15) is 4.79 Å². The van der Waals surface area contributed by atoms with Gasteiger partial charge in [0.05, 0.1) is 10.7 Å². The van der Waals surface area contributed by atoms with E-state index < -0.39 is 0 Å². The molecule has 0 atom stereocenters. The molecule has 0 radical (unpaired) electrons. The van der Waals surface area contributed by atoms with Crippen molar-refractivity contribution >= 4 is 44.6 Å². The molecule has 0 aliphatic rings. The summed E-state index contributed by atoms with van der Waals surface area (Å²) in [5, 5.41) is 1.40. The first kappa shape index (κ1) is 15.1. The Bertz CT molecular complexity index is 624. The van der Waals surface area contributed by atoms with Crippen LogP contribution >= 0.6 is 22.9 Å². The maximum Gasteiger partial charge on any atom is 0.265 e. The normalized spacial score (nSPS) is 10.9. The Balaban J connectivity index is 2.26. The number of fused-ring (bicyclic) bond motifs is 1. The molecule has 1 aromatic heterocycles. The molecule has 5 heteroatoms. The van der Waals surface area contributed by atoms with Crippen LogP contribution in [0.15, 0.2) is 18.2 Å². The van der Waals surface area contributed by atoms with Crippen molar-refractivity contribution < 1.29 is 4.79 Å². The van der Waals surface area contributed by atoms with E-state index in [1.54, 1.807) is 11.0 Å². The Hall–Kier alpha value is -1.26. The van der Waals surface area contributed by atoms with Crippen LogP contribution in [-0.2, 0) is 0 Å². The molecule has 0 fully saturated rings. The number of rotatable bonds is 5. The maximum absolute atomic E-state index is 12.5. The number of thiophene rings is 1. The summed E-state index contributed by atoms with van der Waals surface area (Å²) < 4.78 is 0.959. The number of anilines is 1. The predicted octanol–water partition coefficient (Wildman–Crippen LogP) is 4.40. The third-order valence-electron chi connectivity index (χ3n) is 3.34. The summed E-state index contributed by atoms with van der Waals surface area (Å²) in [6.45, 7) is 2.90. The minimum atomic E-state index is -0.0177. The zero-order valence-electron chi connectivity index (χ0n) is 11.8. The molecule has 0 bridgehead atoms. The van der Waals surface area contributed by atoms with E-state index in [4.69, 9.17) is 17.3 Å². The van der Waals surface area contributed by atoms with Gasteiger partial charge in [0.25, 0.3) is 5.91 Å². The fraction of sp³-hybridized carbons (Fsp3) is 0.400. The molecule has 2 N–H and O–H groups in total. The van der Waals surface area contributed by atoms with Gasteiger partial charge in [0.15, 0.2) is 0 Å². The molecule has 0 spiro atoms. The molecule has 3 nitrogen and oxygen atoms in total. The molecular weight excluding hydrogens is 292 g/mol. The average molecular weight is 311 g/mol. The topological polar surface area (TPSA) is 46.3 Å². The monoisotopic (exact) mass is 310 g/mol. The minimum absolute atomic E-state index is 0.0177. The van der Waals surface area contributed by atoms with Gasteiger partial charge < -0.3 is 10.6 Å². The lowest BCUT2D eigenvalue weighted by Gasteiger charge is -2.16. The van der Waals surface area contributed by atoms with Gasteiger partial charge in [-0.05, 0) is 18.6 Å². The lowest BCUT2D eigenvalue weighted by atomic mass is 10.2. The summed E-state index contributed by atoms with van der Waals surface area (Å²) in [7, 11) is 1.82. The van der Waals surface area contributed by atoms with Gasteiger partial charge in [0.1, 0.15) is 4.88 Å². The fourth-order valence-corrected chi connectivity index (χ4v) is 3.64. The van der Waals surface area contributed by atoms with Crippen LogP contribution in [0.3, 0.4) is 0 Å². The van der Waals surface area contributed by atoms with Crippen molar-refractivity contribution in [2.24, 2.45) is 0 Å². The number of nitrogens with two attached hydrogens (primary N) is 1. The second-order valence-corrected chi connectivity index (χ2v) is 6.35. The van der Waals surface area contributed by atoms with Crippen molar-refractivity contribution in [3.63, 3.8) is 0 Å². The highest BCUT2D eigenvalue weighted by atomic mass is 35.5. The Kier molecular flexibility index (Phi) is 4.89. The van der Waals surface area contributed by atoms with Crippen LogP contribution < -0.4 is 5.73 Å². The summed E-state index contributed by atoms with van der Waals surface area (Å²) in [6.07, 6.45) is 3.29. The molecule has 0 unspecified atom stereocenters. The average Bonchev–Trinajstić information content (AvgIpc) is 2.76. The Morgan fingerprint density at radius 3 is 2.80 bits per heavy atom. The number of halogens is 1. The highest BCUT2D eigenvalue weighted by Crippen LogP contribution is 2.38. The van der Waals surface area contributed by atoms with Crippen LogP contribution in [0, 0.1) is 0 Å². The SMILES string of the molecule is CCCCCN(C)C(=O)c1sc2cccc(Cl)c2c1N. The molecule has 0 saturated carbocycles. The number of unbranched alkanes of at least 4 members (excludes halogenated alkanes) is 2. The van der Waals surface area contributed by atoms with Gasteiger partial charge in [0, 0.05) is 23.7 Å². The number of nitrogen functional groups attached to an aromatic ring is 1. The van der Waals surface area contributed by atoms with Gasteiger partial charge in [0.2, 0.25) is 0 Å². The van der Waals surface area contributed by atoms with Gasteiger partial charge >= 0.3 is 0 Å². The van der Waals surface area contributed by atoms with Gasteiger partial charge in [-0.1, -0.05) is 37.4 Å². The highest BCUT2D eigenvalue weighted by Gasteiger charge is 2.20. The first-order chi connectivity index (χ1) is 9.56. The number of nitrogens with zero attached hydrogens (tertiary/aromatic N) is 1. The summed E-state index contributed by atoms with van der Waals surface area (Å²) in [4.78, 5) is 14.8. The zero-order chi connectivity index (χ0) is 14.7. The van der Waals surface area contributed by atoms with Gasteiger partial charge in [-0.2, -0.15) is 0 Å². The van der Waals surface area contributed by atoms with Crippen molar-refractivity contribution in [3.05, 3.63) is 28.1 Å². The van der Waals surface area contributed by atoms with E-state index in [0.717, 1.165) is 35.9 Å². The molecule has 0 aliphatic heterocycles. The second-order valence-electron chi connectivity index (χ2n) is 4.89. The molecular formula is C15H19ClN2OS. The van der Waals surface area contributed by atoms with Gasteiger partial charge in [-0.25, -0.2) is 0 Å². The van der Waals surface area contributed by atoms with E-state index in [0.29, 0.717) is 15.6 Å². The Morgan fingerprint density at radius 2 is 2.15 bits per heavy atom. The van der Waals surface area contributed by atoms with Crippen molar-refractivity contribution in [3.8, 4) is 0 Å². The second kappa shape index (κ2) is 6.46. The van der Waals surface area contributed by atoms with E-state index in [1.807, 2.05) is 19.2 Å². The molecule has 108 valence electrons. The highest BCUT2D eigenvalue weighted by molar-refractivity contribution is 7.21. The van der Waals surface area contributed by atoms with Crippen molar-refractivity contribution in [2.45, 2.75) is 26.2 Å². The minimum Gasteiger partial charge on any atom is -0.397 e. The number of amides is 1. The van der Waals surface area contributed by atoms with Crippen LogP contribution in [0.25, 0.3) is 10.1 Å². The first-order valence-corrected chi connectivity index (χ1v) is 7.97. The van der Waals surface area contributed by atoms with Crippen LogP contribution in [0.4, 0.5) is 5.69 Å². The number of benzene rings is 1. The van der Waals surface area contributed by atoms with E-state index in [2.05, 4.69) is 6.92 Å². The molecule has 2 rings (SSSR count). The third-order valence-corrected chi connectivity index (χ3v) is 4.81. The summed E-state index contributed by atoms with van der Waals surface area (Å²) in [6, 6.07) is 5.61. The van der Waals surface area contributed by atoms with Crippen LogP contribution in [0.5, 0.6) is 0 Å². The Labute approximate surface area is 128 Å². The third kappa shape index (κ3) is 2.91. The molecule has 0 saturated heterocycles. The van der Waals surface area contributed by atoms with Crippen LogP contribution in [-0.4, -0.2) is 24.4 Å². The van der Waals surface area contributed by atoms with E-state index in [1.165, 1.54) is 11.3 Å². The molecule has 1 amide bonds. The largest absolute Gasteiger partial charge is 0.397 e. The van der Waals surface area contributed by atoms with Crippen molar-refractivity contribution in [1.29, 1.82) is 0 Å². The smallest absolute Gasteiger partial charge is 0.265 e. The standard InChI is InChI=1S/C15H19ClN2OS/c1-3-4-5-9-18(2)15(19)14-13(17)12-10(16)7-6-8-11(12)20-14/h6-8H,3-5,9,17H2,1-2H3. The van der Waals surface area contributed by atoms with Gasteiger partial charge in [-0.3, -0.25) is 4.79 Å². The first-order valence-electron chi connectivity index (χ1n) is 6.78. The van der Waals surface area contributed by atoms with E-state index in [-0.39, 0.29) is 5.91 Å². The molecule has 2 aromatic rings. The summed E-state index contributed by atoms with van der Waals surface area (Å²) in [5.74, 6) is -0.0177. The number of hydrogen-bond donors (Lipinski definition) is 1. The number of carbonyl (C=O) groups excluding carboxylic acids is 1. The molecule has 20 heavy (non-hydrogen) atoms. The summed E-state index contributed by atoms with van der Waals surface area (Å²) >= 11 is 7.58. The van der Waals surface area contributed by atoms with Crippen LogP contribution in [0.2, 0.25) is 5.02 Å². The Morgan fingerprint density at radius 1 is 1.40 bits per heavy atom. The number of hydrogen-bond acceptors (Lipinski definition) is 3. The maximum atomic E-state index is 12.5. The quantitative estimate of drug-likeness (QED) is 0.832. The zero-order valence-corrected chi connectivity index (χ0v) is 13.4. The molecule has 1 aromatic carbocycles. The number of carbonyl (C=O) groups is 1. The lowest BCUT2D eigenvalue weighted by molar-refractivity contribution is 0.0798. The predicted molar refractivity (Wildman–Crippen MR) is 87.7 cm³/mol. The van der Waals surface area contributed by atoms with Gasteiger partial charge in [-0.15, -0.1) is 11.3 Å². The lowest BCUT2D eigenvalue weighted by Crippen LogP contribution is -2.27. The molecule has 0 aliphatic carbocycles. The summed E-state index contributed by atoms with van der Waals surface area (Å²) in [5.41, 5.74) is 6.61. The van der Waals surface area contributed by atoms with Crippen molar-refractivity contribution in [2.75, 3.05) is 19.3 Å². The van der Waals surface area contributed by atoms with E-state index >= 15 is 0 Å². The van der Waals surface area contributed by atoms with Crippen molar-refractivity contribution in [1.82, 2.24) is 4.90 Å². The molecule has 1 heterocycles. The fourth-order valence-electron chi connectivity index (χ4n) is 2.16.